The third-order valence-corrected chi connectivity index (χ3v) is 4.64. The molecule has 0 unspecified atom stereocenters. The number of benzene rings is 1. The third-order valence-electron chi connectivity index (χ3n) is 3.47. The molecule has 9 heteroatoms. The molecule has 0 saturated heterocycles. The van der Waals surface area contributed by atoms with E-state index >= 15 is 0 Å². The van der Waals surface area contributed by atoms with Crippen molar-refractivity contribution in [2.45, 2.75) is 10.9 Å². The monoisotopic (exact) mass is 370 g/mol. The van der Waals surface area contributed by atoms with Crippen molar-refractivity contribution in [3.05, 3.63) is 75.8 Å². The lowest BCUT2D eigenvalue weighted by molar-refractivity contribution is 0.756. The first-order valence-corrected chi connectivity index (χ1v) is 8.71. The summed E-state index contributed by atoms with van der Waals surface area (Å²) in [4.78, 5) is 16.7. The molecule has 1 aromatic carbocycles. The Bertz CT molecular complexity index is 1090. The Kier molecular flexibility index (Phi) is 4.21. The Hall–Kier alpha value is -2.71. The fourth-order valence-electron chi connectivity index (χ4n) is 2.34. The maximum absolute atomic E-state index is 12.2. The van der Waals surface area contributed by atoms with Crippen LogP contribution in [-0.4, -0.2) is 29.6 Å². The number of thioether (sulfide) groups is 1. The molecule has 3 heterocycles. The first-order chi connectivity index (χ1) is 12.2. The average Bonchev–Trinajstić information content (AvgIpc) is 3.10. The first kappa shape index (κ1) is 15.8. The number of hydrogen-bond acceptors (Lipinski definition) is 6. The van der Waals surface area contributed by atoms with Gasteiger partial charge in [0.15, 0.2) is 0 Å². The average molecular weight is 371 g/mol. The quantitative estimate of drug-likeness (QED) is 0.514. The van der Waals surface area contributed by atoms with Gasteiger partial charge in [-0.25, -0.2) is 4.98 Å². The largest absolute Gasteiger partial charge is 0.269 e. The number of hydrogen-bond donors (Lipinski definition) is 0. The Morgan fingerprint density at radius 3 is 2.80 bits per heavy atom. The summed E-state index contributed by atoms with van der Waals surface area (Å²) in [5.74, 6) is 0.474. The van der Waals surface area contributed by atoms with E-state index in [2.05, 4.69) is 20.5 Å². The number of aromatic nitrogens is 6. The molecule has 0 N–H and O–H groups in total. The summed E-state index contributed by atoms with van der Waals surface area (Å²) in [6.45, 7) is 0. The molecule has 0 aliphatic heterocycles. The third kappa shape index (κ3) is 3.26. The van der Waals surface area contributed by atoms with Gasteiger partial charge in [-0.3, -0.25) is 9.20 Å². The van der Waals surface area contributed by atoms with E-state index in [1.807, 2.05) is 30.3 Å². The highest BCUT2D eigenvalue weighted by molar-refractivity contribution is 7.98. The second-order valence-corrected chi connectivity index (χ2v) is 6.54. The van der Waals surface area contributed by atoms with Gasteiger partial charge in [-0.15, -0.1) is 5.10 Å². The fourth-order valence-corrected chi connectivity index (χ4v) is 3.28. The lowest BCUT2D eigenvalue weighted by Crippen LogP contribution is -2.15. The van der Waals surface area contributed by atoms with Crippen LogP contribution in [0, 0.1) is 0 Å². The molecule has 124 valence electrons. The van der Waals surface area contributed by atoms with Crippen LogP contribution < -0.4 is 5.56 Å². The Balaban J connectivity index is 1.61. The molecule has 0 bridgehead atoms. The first-order valence-electron chi connectivity index (χ1n) is 7.35. The molecule has 3 aromatic heterocycles. The molecule has 0 aliphatic carbocycles. The zero-order valence-electron chi connectivity index (χ0n) is 12.8. The summed E-state index contributed by atoms with van der Waals surface area (Å²) in [6.07, 6.45) is 1.55. The second kappa shape index (κ2) is 6.66. The van der Waals surface area contributed by atoms with Gasteiger partial charge in [-0.1, -0.05) is 41.6 Å². The Morgan fingerprint density at radius 1 is 1.12 bits per heavy atom. The molecule has 0 spiro atoms. The topological polar surface area (TPSA) is 78.0 Å². The van der Waals surface area contributed by atoms with E-state index in [0.717, 1.165) is 5.69 Å². The molecule has 4 aromatic rings. The smallest absolute Gasteiger partial charge is 0.258 e. The van der Waals surface area contributed by atoms with E-state index in [-0.39, 0.29) is 5.56 Å². The molecular weight excluding hydrogens is 360 g/mol. The van der Waals surface area contributed by atoms with Crippen LogP contribution >= 0.6 is 23.4 Å². The van der Waals surface area contributed by atoms with E-state index in [9.17, 15) is 4.79 Å². The molecule has 25 heavy (non-hydrogen) atoms. The van der Waals surface area contributed by atoms with Crippen molar-refractivity contribution in [2.24, 2.45) is 0 Å². The molecule has 7 nitrogen and oxygen atoms in total. The summed E-state index contributed by atoms with van der Waals surface area (Å²) in [6, 6.07) is 14.5. The van der Waals surface area contributed by atoms with Gasteiger partial charge in [0.25, 0.3) is 5.56 Å². The maximum atomic E-state index is 12.2. The summed E-state index contributed by atoms with van der Waals surface area (Å²) >= 11 is 7.33. The van der Waals surface area contributed by atoms with Crippen LogP contribution in [0.5, 0.6) is 0 Å². The van der Waals surface area contributed by atoms with Crippen molar-refractivity contribution in [1.82, 2.24) is 29.6 Å². The number of para-hydroxylation sites is 1. The van der Waals surface area contributed by atoms with Gasteiger partial charge in [0.2, 0.25) is 5.16 Å². The van der Waals surface area contributed by atoms with E-state index in [4.69, 9.17) is 11.6 Å². The van der Waals surface area contributed by atoms with Crippen molar-refractivity contribution in [2.75, 3.05) is 0 Å². The fraction of sp³-hybridized carbons (Fsp3) is 0.0625. The molecule has 0 atom stereocenters. The van der Waals surface area contributed by atoms with Crippen molar-refractivity contribution < 1.29 is 0 Å². The van der Waals surface area contributed by atoms with Crippen LogP contribution in [-0.2, 0) is 5.75 Å². The number of halogens is 1. The van der Waals surface area contributed by atoms with Crippen molar-refractivity contribution in [3.63, 3.8) is 0 Å². The maximum Gasteiger partial charge on any atom is 0.258 e. The minimum Gasteiger partial charge on any atom is -0.269 e. The van der Waals surface area contributed by atoms with Crippen LogP contribution in [0.15, 0.2) is 64.7 Å². The number of tetrazole rings is 1. The summed E-state index contributed by atoms with van der Waals surface area (Å²) in [7, 11) is 0. The highest BCUT2D eigenvalue weighted by atomic mass is 35.5. The summed E-state index contributed by atoms with van der Waals surface area (Å²) in [5.41, 5.74) is 1.90. The van der Waals surface area contributed by atoms with Gasteiger partial charge in [0, 0.05) is 18.0 Å². The number of rotatable bonds is 4. The number of pyridine rings is 1. The zero-order valence-corrected chi connectivity index (χ0v) is 14.4. The predicted molar refractivity (Wildman–Crippen MR) is 95.2 cm³/mol. The predicted octanol–water partition coefficient (Wildman–Crippen LogP) is 2.62. The van der Waals surface area contributed by atoms with Gasteiger partial charge in [0.05, 0.1) is 16.4 Å². The molecule has 0 saturated carbocycles. The molecule has 0 fully saturated rings. The van der Waals surface area contributed by atoms with Crippen LogP contribution in [0.3, 0.4) is 0 Å². The van der Waals surface area contributed by atoms with Crippen molar-refractivity contribution >= 4 is 29.0 Å². The molecule has 0 aliphatic rings. The van der Waals surface area contributed by atoms with Crippen LogP contribution in [0.1, 0.15) is 5.69 Å². The van der Waals surface area contributed by atoms with Crippen LogP contribution in [0.25, 0.3) is 11.3 Å². The molecule has 0 radical (unpaired) electrons. The standard InChI is InChI=1S/C16H11ClN6OS/c17-11-6-7-14-18-12(8-15(24)22(14)9-11)10-25-16-19-20-21-23(16)13-4-2-1-3-5-13/h1-9H,10H2. The number of fused-ring (bicyclic) bond motifs is 1. The van der Waals surface area contributed by atoms with E-state index < -0.39 is 0 Å². The second-order valence-electron chi connectivity index (χ2n) is 5.16. The van der Waals surface area contributed by atoms with Gasteiger partial charge >= 0.3 is 0 Å². The highest BCUT2D eigenvalue weighted by Gasteiger charge is 2.10. The highest BCUT2D eigenvalue weighted by Crippen LogP contribution is 2.21. The number of nitrogens with zero attached hydrogens (tertiary/aromatic N) is 6. The van der Waals surface area contributed by atoms with E-state index in [1.54, 1.807) is 23.0 Å². The van der Waals surface area contributed by atoms with Gasteiger partial charge in [-0.2, -0.15) is 4.68 Å². The summed E-state index contributed by atoms with van der Waals surface area (Å²) < 4.78 is 3.07. The van der Waals surface area contributed by atoms with E-state index in [0.29, 0.717) is 27.3 Å². The van der Waals surface area contributed by atoms with Crippen molar-refractivity contribution in [3.8, 4) is 5.69 Å². The lowest BCUT2D eigenvalue weighted by atomic mass is 10.3. The van der Waals surface area contributed by atoms with Crippen LogP contribution in [0.4, 0.5) is 0 Å². The summed E-state index contributed by atoms with van der Waals surface area (Å²) in [5, 5.41) is 12.9. The lowest BCUT2D eigenvalue weighted by Gasteiger charge is -2.05. The molecular formula is C16H11ClN6OS. The SMILES string of the molecule is O=c1cc(CSc2nnnn2-c2ccccc2)nc2ccc(Cl)cn12. The van der Waals surface area contributed by atoms with Gasteiger partial charge in [-0.05, 0) is 34.7 Å². The van der Waals surface area contributed by atoms with Gasteiger partial charge < -0.3 is 0 Å². The zero-order chi connectivity index (χ0) is 17.2. The van der Waals surface area contributed by atoms with E-state index in [1.165, 1.54) is 22.2 Å². The Morgan fingerprint density at radius 2 is 1.96 bits per heavy atom. The minimum atomic E-state index is -0.175. The van der Waals surface area contributed by atoms with Crippen molar-refractivity contribution in [1.29, 1.82) is 0 Å². The Labute approximate surface area is 151 Å². The normalized spacial score (nSPS) is 11.1. The minimum absolute atomic E-state index is 0.175. The molecule has 4 rings (SSSR count). The van der Waals surface area contributed by atoms with Crippen LogP contribution in [0.2, 0.25) is 5.02 Å². The van der Waals surface area contributed by atoms with Gasteiger partial charge in [0.1, 0.15) is 5.65 Å². The molecule has 0 amide bonds.